The Hall–Kier alpha value is -2.44. The molecule has 2 N–H and O–H groups in total. The molecule has 4 rings (SSSR count). The molecule has 0 radical (unpaired) electrons. The molecule has 2 aromatic rings. The van der Waals surface area contributed by atoms with E-state index in [0.29, 0.717) is 39.3 Å². The minimum Gasteiger partial charge on any atom is -0.496 e. The minimum atomic E-state index is -0.295. The summed E-state index contributed by atoms with van der Waals surface area (Å²) in [4.78, 5) is 26.4. The van der Waals surface area contributed by atoms with Gasteiger partial charge in [0.2, 0.25) is 0 Å². The fourth-order valence-corrected chi connectivity index (χ4v) is 4.86. The van der Waals surface area contributed by atoms with E-state index in [1.807, 2.05) is 12.1 Å². The van der Waals surface area contributed by atoms with Crippen LogP contribution in [0.1, 0.15) is 47.3 Å². The molecule has 0 aromatic heterocycles. The molecule has 0 fully saturated rings. The number of nitrogens with one attached hydrogen (secondary N) is 2. The Labute approximate surface area is 185 Å². The van der Waals surface area contributed by atoms with Crippen LogP contribution < -0.4 is 10.6 Å². The first-order valence-electron chi connectivity index (χ1n) is 9.99. The summed E-state index contributed by atoms with van der Waals surface area (Å²) in [6, 6.07) is 13.1. The summed E-state index contributed by atoms with van der Waals surface area (Å²) in [7, 11) is 0. The van der Waals surface area contributed by atoms with Crippen LogP contribution in [0.4, 0.5) is 5.69 Å². The van der Waals surface area contributed by atoms with Crippen molar-refractivity contribution < 1.29 is 14.3 Å². The van der Waals surface area contributed by atoms with Crippen LogP contribution in [0.5, 0.6) is 0 Å². The van der Waals surface area contributed by atoms with Gasteiger partial charge in [-0.2, -0.15) is 0 Å². The molecule has 1 atom stereocenters. The van der Waals surface area contributed by atoms with Crippen molar-refractivity contribution >= 4 is 40.9 Å². The summed E-state index contributed by atoms with van der Waals surface area (Å²) in [6.07, 6.45) is 2.94. The highest BCUT2D eigenvalue weighted by Crippen LogP contribution is 2.31. The molecule has 0 unspecified atom stereocenters. The average Bonchev–Trinajstić information content (AvgIpc) is 2.74. The number of thioether (sulfide) groups is 1. The molecule has 2 aliphatic rings. The number of ether oxygens (including phenoxy) is 1. The third kappa shape index (κ3) is 4.50. The Balaban J connectivity index is 1.56. The highest BCUT2D eigenvalue weighted by atomic mass is 35.5. The van der Waals surface area contributed by atoms with Crippen LogP contribution in [0.15, 0.2) is 53.1 Å². The predicted molar refractivity (Wildman–Crippen MR) is 121 cm³/mol. The zero-order chi connectivity index (χ0) is 21.1. The Bertz CT molecular complexity index is 1020. The van der Waals surface area contributed by atoms with Crippen LogP contribution in [0.3, 0.4) is 0 Å². The van der Waals surface area contributed by atoms with Crippen LogP contribution in [0.2, 0.25) is 5.02 Å². The second kappa shape index (κ2) is 9.14. The van der Waals surface area contributed by atoms with Crippen molar-refractivity contribution in [2.75, 3.05) is 17.7 Å². The van der Waals surface area contributed by atoms with E-state index in [1.165, 1.54) is 17.3 Å². The first-order chi connectivity index (χ1) is 14.5. The Kier molecular flexibility index (Phi) is 6.35. The van der Waals surface area contributed by atoms with E-state index in [-0.39, 0.29) is 17.9 Å². The number of carbonyl (C=O) groups excluding carboxylic acids is 2. The van der Waals surface area contributed by atoms with Crippen LogP contribution in [0.25, 0.3) is 0 Å². The maximum absolute atomic E-state index is 13.1. The number of amides is 2. The van der Waals surface area contributed by atoms with Gasteiger partial charge < -0.3 is 15.4 Å². The van der Waals surface area contributed by atoms with Gasteiger partial charge in [-0.1, -0.05) is 35.9 Å². The fraction of sp³-hybridized carbons (Fsp3) is 0.304. The van der Waals surface area contributed by atoms with Crippen molar-refractivity contribution in [2.45, 2.75) is 32.2 Å². The zero-order valence-electron chi connectivity index (χ0n) is 16.7. The Morgan fingerprint density at radius 3 is 2.83 bits per heavy atom. The van der Waals surface area contributed by atoms with E-state index >= 15 is 0 Å². The van der Waals surface area contributed by atoms with Gasteiger partial charge >= 0.3 is 0 Å². The molecule has 0 bridgehead atoms. The Morgan fingerprint density at radius 2 is 2.00 bits per heavy atom. The molecule has 1 heterocycles. The number of aryl methyl sites for hydroxylation is 1. The third-order valence-corrected chi connectivity index (χ3v) is 6.69. The van der Waals surface area contributed by atoms with Crippen LogP contribution in [-0.2, 0) is 16.0 Å². The lowest BCUT2D eigenvalue weighted by Gasteiger charge is -2.26. The second-order valence-electron chi connectivity index (χ2n) is 7.34. The quantitative estimate of drug-likeness (QED) is 0.692. The molecular weight excluding hydrogens is 420 g/mol. The maximum Gasteiger partial charge on any atom is 0.265 e. The minimum absolute atomic E-state index is 0.0473. The SMILES string of the molecule is CC1=C(C(=O)Nc2cc(Cl)ccc2C(=O)N[C@@H]2CCCc3ccccc32)SCCO1. The summed E-state index contributed by atoms with van der Waals surface area (Å²) in [5.74, 6) is 0.776. The predicted octanol–water partition coefficient (Wildman–Crippen LogP) is 5.08. The first kappa shape index (κ1) is 20.8. The van der Waals surface area contributed by atoms with E-state index in [9.17, 15) is 9.59 Å². The van der Waals surface area contributed by atoms with Gasteiger partial charge in [0.05, 0.1) is 23.9 Å². The number of carbonyl (C=O) groups is 2. The molecule has 1 aliphatic heterocycles. The standard InChI is InChI=1S/C23H23ClN2O3S/c1-14-21(30-12-11-29-14)23(28)26-20-13-16(24)9-10-18(20)22(27)25-19-8-4-6-15-5-2-3-7-17(15)19/h2-3,5,7,9-10,13,19H,4,6,8,11-12H2,1H3,(H,25,27)(H,26,28)/t19-/m1/s1. The molecule has 0 saturated heterocycles. The highest BCUT2D eigenvalue weighted by molar-refractivity contribution is 8.04. The third-order valence-electron chi connectivity index (χ3n) is 5.32. The van der Waals surface area contributed by atoms with E-state index in [4.69, 9.17) is 16.3 Å². The maximum atomic E-state index is 13.1. The number of halogens is 1. The summed E-state index contributed by atoms with van der Waals surface area (Å²) < 4.78 is 5.48. The molecule has 2 aromatic carbocycles. The number of rotatable bonds is 4. The first-order valence-corrected chi connectivity index (χ1v) is 11.4. The van der Waals surface area contributed by atoms with Gasteiger partial charge in [0.1, 0.15) is 10.7 Å². The lowest BCUT2D eigenvalue weighted by atomic mass is 9.87. The number of fused-ring (bicyclic) bond motifs is 1. The number of anilines is 1. The smallest absolute Gasteiger partial charge is 0.265 e. The number of hydrogen-bond acceptors (Lipinski definition) is 4. The normalized spacial score (nSPS) is 18.3. The summed E-state index contributed by atoms with van der Waals surface area (Å²) >= 11 is 7.60. The van der Waals surface area contributed by atoms with Crippen molar-refractivity contribution in [1.82, 2.24) is 5.32 Å². The summed E-state index contributed by atoms with van der Waals surface area (Å²) in [5, 5.41) is 6.43. The van der Waals surface area contributed by atoms with Crippen molar-refractivity contribution in [1.29, 1.82) is 0 Å². The summed E-state index contributed by atoms with van der Waals surface area (Å²) in [5.41, 5.74) is 3.21. The van der Waals surface area contributed by atoms with Gasteiger partial charge in [0.25, 0.3) is 11.8 Å². The van der Waals surface area contributed by atoms with E-state index in [2.05, 4.69) is 22.8 Å². The van der Waals surface area contributed by atoms with Crippen molar-refractivity contribution in [2.24, 2.45) is 0 Å². The molecule has 30 heavy (non-hydrogen) atoms. The van der Waals surface area contributed by atoms with Gasteiger partial charge in [-0.3, -0.25) is 9.59 Å². The van der Waals surface area contributed by atoms with Gasteiger partial charge in [-0.25, -0.2) is 0 Å². The van der Waals surface area contributed by atoms with Crippen molar-refractivity contribution in [3.8, 4) is 0 Å². The lowest BCUT2D eigenvalue weighted by Crippen LogP contribution is -2.31. The molecule has 5 nitrogen and oxygen atoms in total. The van der Waals surface area contributed by atoms with E-state index in [1.54, 1.807) is 25.1 Å². The average molecular weight is 443 g/mol. The molecule has 2 amide bonds. The topological polar surface area (TPSA) is 67.4 Å². The molecule has 0 saturated carbocycles. The van der Waals surface area contributed by atoms with Crippen LogP contribution in [0, 0.1) is 0 Å². The molecule has 1 aliphatic carbocycles. The second-order valence-corrected chi connectivity index (χ2v) is 8.88. The molecule has 0 spiro atoms. The number of allylic oxidation sites excluding steroid dienone is 1. The highest BCUT2D eigenvalue weighted by Gasteiger charge is 2.25. The van der Waals surface area contributed by atoms with Crippen LogP contribution in [-0.4, -0.2) is 24.2 Å². The van der Waals surface area contributed by atoms with Crippen molar-refractivity contribution in [3.63, 3.8) is 0 Å². The monoisotopic (exact) mass is 442 g/mol. The largest absolute Gasteiger partial charge is 0.496 e. The summed E-state index contributed by atoms with van der Waals surface area (Å²) in [6.45, 7) is 2.36. The Morgan fingerprint density at radius 1 is 1.17 bits per heavy atom. The number of benzene rings is 2. The lowest BCUT2D eigenvalue weighted by molar-refractivity contribution is -0.112. The van der Waals surface area contributed by atoms with Crippen LogP contribution >= 0.6 is 23.4 Å². The molecular formula is C23H23ClN2O3S. The van der Waals surface area contributed by atoms with E-state index in [0.717, 1.165) is 24.8 Å². The van der Waals surface area contributed by atoms with Gasteiger partial charge in [0, 0.05) is 10.8 Å². The van der Waals surface area contributed by atoms with Gasteiger partial charge in [-0.15, -0.1) is 11.8 Å². The zero-order valence-corrected chi connectivity index (χ0v) is 18.2. The van der Waals surface area contributed by atoms with Crippen molar-refractivity contribution in [3.05, 3.63) is 74.8 Å². The van der Waals surface area contributed by atoms with Gasteiger partial charge in [-0.05, 0) is 55.5 Å². The molecule has 156 valence electrons. The number of hydrogen-bond donors (Lipinski definition) is 2. The van der Waals surface area contributed by atoms with Gasteiger partial charge in [0.15, 0.2) is 0 Å². The van der Waals surface area contributed by atoms with E-state index < -0.39 is 0 Å². The molecule has 7 heteroatoms. The fourth-order valence-electron chi connectivity index (χ4n) is 3.87.